The van der Waals surface area contributed by atoms with E-state index in [2.05, 4.69) is 0 Å². The van der Waals surface area contributed by atoms with Crippen LogP contribution in [0.2, 0.25) is 0 Å². The summed E-state index contributed by atoms with van der Waals surface area (Å²) in [6, 6.07) is 0. The zero-order valence-corrected chi connectivity index (χ0v) is 8.81. The Kier molecular flexibility index (Phi) is 8.02. The fraction of sp³-hybridized carbons (Fsp3) is 0.778. The molecule has 0 aromatic rings. The predicted octanol–water partition coefficient (Wildman–Crippen LogP) is -0.196. The number of aldehydes is 2. The van der Waals surface area contributed by atoms with Crippen LogP contribution in [0.4, 0.5) is 0 Å². The molecule has 0 spiro atoms. The Labute approximate surface area is 88.7 Å². The van der Waals surface area contributed by atoms with Gasteiger partial charge in [0.2, 0.25) is 0 Å². The molecular formula is C9H17NO5. The second-order valence-corrected chi connectivity index (χ2v) is 2.73. The normalized spacial score (nSPS) is 14.5. The van der Waals surface area contributed by atoms with Crippen LogP contribution in [0.25, 0.3) is 0 Å². The molecule has 0 rings (SSSR count). The molecule has 6 nitrogen and oxygen atoms in total. The third kappa shape index (κ3) is 7.15. The van der Waals surface area contributed by atoms with Crippen LogP contribution < -0.4 is 5.73 Å². The van der Waals surface area contributed by atoms with Crippen molar-refractivity contribution < 1.29 is 23.8 Å². The molecular weight excluding hydrogens is 202 g/mol. The number of hydrogen-bond acceptors (Lipinski definition) is 6. The zero-order chi connectivity index (χ0) is 11.6. The lowest BCUT2D eigenvalue weighted by Crippen LogP contribution is -2.49. The summed E-state index contributed by atoms with van der Waals surface area (Å²) in [6.45, 7) is 2.10. The van der Waals surface area contributed by atoms with E-state index in [9.17, 15) is 9.59 Å². The molecule has 0 radical (unpaired) electrons. The van der Waals surface area contributed by atoms with E-state index in [1.165, 1.54) is 0 Å². The highest BCUT2D eigenvalue weighted by atomic mass is 16.9. The van der Waals surface area contributed by atoms with Crippen LogP contribution >= 0.6 is 0 Å². The van der Waals surface area contributed by atoms with Crippen molar-refractivity contribution in [2.45, 2.75) is 25.9 Å². The topological polar surface area (TPSA) is 87.8 Å². The summed E-state index contributed by atoms with van der Waals surface area (Å²) in [6.07, 6.45) is 0.430. The minimum absolute atomic E-state index is 0.0859. The smallest absolute Gasteiger partial charge is 0.314 e. The molecule has 0 aliphatic heterocycles. The number of rotatable bonds is 10. The predicted molar refractivity (Wildman–Crippen MR) is 51.8 cm³/mol. The maximum Gasteiger partial charge on any atom is 0.348 e. The van der Waals surface area contributed by atoms with E-state index >= 15 is 0 Å². The van der Waals surface area contributed by atoms with Crippen molar-refractivity contribution >= 4 is 12.6 Å². The number of nitrogens with two attached hydrogens (primary N) is 1. The summed E-state index contributed by atoms with van der Waals surface area (Å²) in [5.74, 6) is 0. The van der Waals surface area contributed by atoms with Crippen LogP contribution in [0.5, 0.6) is 0 Å². The van der Waals surface area contributed by atoms with Gasteiger partial charge in [-0.1, -0.05) is 6.92 Å². The van der Waals surface area contributed by atoms with Gasteiger partial charge >= 0.3 is 6.10 Å². The van der Waals surface area contributed by atoms with Crippen molar-refractivity contribution in [2.24, 2.45) is 5.73 Å². The molecule has 2 N–H and O–H groups in total. The van der Waals surface area contributed by atoms with E-state index in [0.717, 1.165) is 6.42 Å². The molecule has 0 bridgehead atoms. The Hall–Kier alpha value is -0.820. The van der Waals surface area contributed by atoms with Gasteiger partial charge in [0.25, 0.3) is 0 Å². The number of ether oxygens (including phenoxy) is 3. The number of hydrogen-bond donors (Lipinski definition) is 1. The van der Waals surface area contributed by atoms with E-state index in [1.807, 2.05) is 6.92 Å². The zero-order valence-electron chi connectivity index (χ0n) is 8.81. The van der Waals surface area contributed by atoms with E-state index in [0.29, 0.717) is 19.2 Å². The molecule has 0 saturated heterocycles. The summed E-state index contributed by atoms with van der Waals surface area (Å²) in [4.78, 5) is 20.2. The molecule has 0 amide bonds. The Morgan fingerprint density at radius 1 is 1.13 bits per heavy atom. The lowest BCUT2D eigenvalue weighted by molar-refractivity contribution is -0.373. The van der Waals surface area contributed by atoms with Gasteiger partial charge in [-0.15, -0.1) is 0 Å². The summed E-state index contributed by atoms with van der Waals surface area (Å²) >= 11 is 0. The lowest BCUT2D eigenvalue weighted by Gasteiger charge is -2.27. The van der Waals surface area contributed by atoms with Crippen molar-refractivity contribution in [3.8, 4) is 0 Å². The van der Waals surface area contributed by atoms with Crippen LogP contribution in [0.3, 0.4) is 0 Å². The van der Waals surface area contributed by atoms with Gasteiger partial charge in [-0.3, -0.25) is 5.73 Å². The monoisotopic (exact) mass is 219 g/mol. The second-order valence-electron chi connectivity index (χ2n) is 2.73. The van der Waals surface area contributed by atoms with E-state index in [1.54, 1.807) is 0 Å². The van der Waals surface area contributed by atoms with Gasteiger partial charge in [0.15, 0.2) is 0 Å². The summed E-state index contributed by atoms with van der Waals surface area (Å²) in [7, 11) is 0. The molecule has 0 aromatic carbocycles. The summed E-state index contributed by atoms with van der Waals surface area (Å²) in [5.41, 5.74) is 5.57. The van der Waals surface area contributed by atoms with Gasteiger partial charge in [0.05, 0.1) is 13.2 Å². The molecule has 0 heterocycles. The lowest BCUT2D eigenvalue weighted by atomic mass is 10.5. The highest BCUT2D eigenvalue weighted by Gasteiger charge is 2.27. The van der Waals surface area contributed by atoms with Crippen molar-refractivity contribution in [1.29, 1.82) is 0 Å². The van der Waals surface area contributed by atoms with Crippen LogP contribution in [-0.2, 0) is 23.8 Å². The van der Waals surface area contributed by atoms with Crippen LogP contribution in [0, 0.1) is 0 Å². The molecule has 88 valence electrons. The molecule has 15 heavy (non-hydrogen) atoms. The van der Waals surface area contributed by atoms with Gasteiger partial charge in [0.1, 0.15) is 19.2 Å². The first-order chi connectivity index (χ1) is 7.18. The van der Waals surface area contributed by atoms with Crippen LogP contribution in [-0.4, -0.2) is 38.5 Å². The standard InChI is InChI=1S/C9H17NO5/c1-2-6-13-9(10,15-8-5-12)14-7-3-4-11/h4-5H,2-3,6-8,10H2,1H3. The van der Waals surface area contributed by atoms with Gasteiger partial charge in [-0.2, -0.15) is 0 Å². The average molecular weight is 219 g/mol. The van der Waals surface area contributed by atoms with Crippen molar-refractivity contribution in [1.82, 2.24) is 0 Å². The molecule has 1 atom stereocenters. The largest absolute Gasteiger partial charge is 0.348 e. The Bertz CT molecular complexity index is 187. The highest BCUT2D eigenvalue weighted by Crippen LogP contribution is 2.08. The summed E-state index contributed by atoms with van der Waals surface area (Å²) < 4.78 is 15.0. The maximum absolute atomic E-state index is 10.1. The van der Waals surface area contributed by atoms with Gasteiger partial charge in [-0.25, -0.2) is 0 Å². The minimum Gasteiger partial charge on any atom is -0.314 e. The third-order valence-corrected chi connectivity index (χ3v) is 1.40. The third-order valence-electron chi connectivity index (χ3n) is 1.40. The molecule has 6 heteroatoms. The first-order valence-electron chi connectivity index (χ1n) is 4.76. The van der Waals surface area contributed by atoms with E-state index in [-0.39, 0.29) is 19.6 Å². The maximum atomic E-state index is 10.1. The SMILES string of the molecule is CCCOC(N)(OCC=O)OCCC=O. The van der Waals surface area contributed by atoms with Gasteiger partial charge in [0, 0.05) is 6.42 Å². The van der Waals surface area contributed by atoms with Crippen molar-refractivity contribution in [3.05, 3.63) is 0 Å². The quantitative estimate of drug-likeness (QED) is 0.311. The number of carbonyl (C=O) groups is 2. The number of carbonyl (C=O) groups excluding carboxylic acids is 2. The Morgan fingerprint density at radius 3 is 2.33 bits per heavy atom. The Morgan fingerprint density at radius 2 is 1.80 bits per heavy atom. The Balaban J connectivity index is 3.99. The minimum atomic E-state index is -1.74. The van der Waals surface area contributed by atoms with Crippen LogP contribution in [0.15, 0.2) is 0 Å². The summed E-state index contributed by atoms with van der Waals surface area (Å²) in [5, 5.41) is 0. The molecule has 0 aliphatic carbocycles. The highest BCUT2D eigenvalue weighted by molar-refractivity contribution is 5.50. The van der Waals surface area contributed by atoms with Crippen molar-refractivity contribution in [3.63, 3.8) is 0 Å². The molecule has 0 fully saturated rings. The first kappa shape index (κ1) is 14.2. The molecule has 0 saturated carbocycles. The molecule has 1 unspecified atom stereocenters. The average Bonchev–Trinajstić information content (AvgIpc) is 2.24. The van der Waals surface area contributed by atoms with Gasteiger partial charge in [-0.05, 0) is 6.42 Å². The first-order valence-corrected chi connectivity index (χ1v) is 4.76. The fourth-order valence-corrected chi connectivity index (χ4v) is 0.769. The van der Waals surface area contributed by atoms with Gasteiger partial charge < -0.3 is 23.8 Å². The second kappa shape index (κ2) is 8.49. The van der Waals surface area contributed by atoms with E-state index < -0.39 is 6.10 Å². The molecule has 0 aliphatic rings. The fourth-order valence-electron chi connectivity index (χ4n) is 0.769. The van der Waals surface area contributed by atoms with E-state index in [4.69, 9.17) is 19.9 Å². The van der Waals surface area contributed by atoms with Crippen LogP contribution in [0.1, 0.15) is 19.8 Å². The molecule has 0 aromatic heterocycles. The van der Waals surface area contributed by atoms with Crippen molar-refractivity contribution in [2.75, 3.05) is 19.8 Å².